The van der Waals surface area contributed by atoms with Gasteiger partial charge in [-0.25, -0.2) is 4.79 Å². The molecule has 1 aliphatic heterocycles. The number of piperidine rings is 1. The molecule has 1 aliphatic rings. The lowest BCUT2D eigenvalue weighted by Gasteiger charge is -2.33. The molecular formula is C46H55N3O6. The van der Waals surface area contributed by atoms with Crippen LogP contribution in [0.5, 0.6) is 11.5 Å². The number of carbonyl (C=O) groups excluding carboxylic acids is 1. The maximum Gasteiger partial charge on any atom is 0.347 e. The molecule has 0 unspecified atom stereocenters. The second-order valence-corrected chi connectivity index (χ2v) is 14.7. The highest BCUT2D eigenvalue weighted by Crippen LogP contribution is 2.34. The number of aromatic nitrogens is 1. The van der Waals surface area contributed by atoms with Gasteiger partial charge in [-0.05, 0) is 105 Å². The SMILES string of the molecule is O=C(OCC1CCN(Cc2ccccc2)CC1)[C@](O)(c1ccccc1)c1cccc(OCCCCCCCCNCCc2ccc(O)c3[nH]c(=O)ccc23)c1. The first-order valence-corrected chi connectivity index (χ1v) is 19.9. The summed E-state index contributed by atoms with van der Waals surface area (Å²) in [5.74, 6) is 0.294. The van der Waals surface area contributed by atoms with E-state index in [1.807, 2.05) is 42.5 Å². The third-order valence-corrected chi connectivity index (χ3v) is 10.7. The first-order chi connectivity index (χ1) is 26.9. The fourth-order valence-corrected chi connectivity index (χ4v) is 7.46. The fraction of sp³-hybridized carbons (Fsp3) is 0.391. The highest BCUT2D eigenvalue weighted by Gasteiger charge is 2.42. The number of nitrogens with one attached hydrogen (secondary N) is 2. The van der Waals surface area contributed by atoms with Crippen LogP contribution in [0.15, 0.2) is 114 Å². The van der Waals surface area contributed by atoms with Gasteiger partial charge in [0.1, 0.15) is 11.5 Å². The molecule has 0 amide bonds. The van der Waals surface area contributed by atoms with Crippen LogP contribution in [-0.2, 0) is 28.1 Å². The lowest BCUT2D eigenvalue weighted by Crippen LogP contribution is -2.40. The summed E-state index contributed by atoms with van der Waals surface area (Å²) in [6, 6.07) is 33.5. The highest BCUT2D eigenvalue weighted by molar-refractivity contribution is 5.87. The van der Waals surface area contributed by atoms with E-state index in [0.29, 0.717) is 29.0 Å². The van der Waals surface area contributed by atoms with Gasteiger partial charge in [-0.1, -0.05) is 105 Å². The zero-order valence-electron chi connectivity index (χ0n) is 31.8. The number of nitrogens with zero attached hydrogens (tertiary/aromatic N) is 1. The van der Waals surface area contributed by atoms with Gasteiger partial charge in [-0.3, -0.25) is 9.69 Å². The van der Waals surface area contributed by atoms with E-state index in [1.54, 1.807) is 36.4 Å². The molecule has 4 aromatic carbocycles. The number of phenols is 1. The number of esters is 1. The van der Waals surface area contributed by atoms with Crippen LogP contribution in [0.1, 0.15) is 73.6 Å². The van der Waals surface area contributed by atoms with Crippen molar-refractivity contribution in [1.29, 1.82) is 0 Å². The Kier molecular flexibility index (Phi) is 14.5. The lowest BCUT2D eigenvalue weighted by molar-refractivity contribution is -0.164. The van der Waals surface area contributed by atoms with E-state index >= 15 is 0 Å². The van der Waals surface area contributed by atoms with Gasteiger partial charge < -0.3 is 30.0 Å². The number of phenolic OH excluding ortho intramolecular Hbond substituents is 1. The van der Waals surface area contributed by atoms with E-state index in [0.717, 1.165) is 101 Å². The largest absolute Gasteiger partial charge is 0.506 e. The maximum atomic E-state index is 13.8. The van der Waals surface area contributed by atoms with Gasteiger partial charge in [0.2, 0.25) is 11.2 Å². The Morgan fingerprint density at radius 2 is 1.51 bits per heavy atom. The minimum absolute atomic E-state index is 0.0907. The van der Waals surface area contributed by atoms with E-state index in [4.69, 9.17) is 9.47 Å². The average Bonchev–Trinajstić information content (AvgIpc) is 3.22. The second kappa shape index (κ2) is 20.1. The molecule has 0 radical (unpaired) electrons. The molecule has 0 bridgehead atoms. The van der Waals surface area contributed by atoms with E-state index < -0.39 is 11.6 Å². The van der Waals surface area contributed by atoms with Gasteiger partial charge >= 0.3 is 5.97 Å². The summed E-state index contributed by atoms with van der Waals surface area (Å²) in [4.78, 5) is 30.6. The summed E-state index contributed by atoms with van der Waals surface area (Å²) in [7, 11) is 0. The first-order valence-electron chi connectivity index (χ1n) is 19.9. The Morgan fingerprint density at radius 1 is 0.800 bits per heavy atom. The van der Waals surface area contributed by atoms with Crippen LogP contribution in [0, 0.1) is 5.92 Å². The topological polar surface area (TPSA) is 124 Å². The minimum atomic E-state index is -1.95. The Bertz CT molecular complexity index is 1990. The number of fused-ring (bicyclic) bond motifs is 1. The van der Waals surface area contributed by atoms with Crippen LogP contribution in [0.4, 0.5) is 0 Å². The summed E-state index contributed by atoms with van der Waals surface area (Å²) < 4.78 is 12.0. The van der Waals surface area contributed by atoms with Crippen LogP contribution < -0.4 is 15.6 Å². The summed E-state index contributed by atoms with van der Waals surface area (Å²) in [6.45, 7) is 5.44. The maximum absolute atomic E-state index is 13.8. The molecule has 9 heteroatoms. The number of H-pyrrole nitrogens is 1. The molecule has 55 heavy (non-hydrogen) atoms. The zero-order chi connectivity index (χ0) is 38.3. The third kappa shape index (κ3) is 11.1. The third-order valence-electron chi connectivity index (χ3n) is 10.7. The Balaban J connectivity index is 0.890. The highest BCUT2D eigenvalue weighted by atomic mass is 16.5. The van der Waals surface area contributed by atoms with Crippen LogP contribution in [0.25, 0.3) is 10.9 Å². The van der Waals surface area contributed by atoms with Crippen molar-refractivity contribution >= 4 is 16.9 Å². The lowest BCUT2D eigenvalue weighted by atomic mass is 9.86. The molecule has 6 rings (SSSR count). The Morgan fingerprint density at radius 3 is 2.29 bits per heavy atom. The number of unbranched alkanes of at least 4 members (excludes halogenated alkanes) is 5. The summed E-state index contributed by atoms with van der Waals surface area (Å²) in [5, 5.41) is 26.6. The number of benzene rings is 4. The van der Waals surface area contributed by atoms with Gasteiger partial charge in [-0.15, -0.1) is 0 Å². The number of rotatable bonds is 20. The molecule has 1 aromatic heterocycles. The molecule has 5 aromatic rings. The van der Waals surface area contributed by atoms with Gasteiger partial charge in [0.05, 0.1) is 18.7 Å². The van der Waals surface area contributed by atoms with Crippen molar-refractivity contribution < 1.29 is 24.5 Å². The average molecular weight is 746 g/mol. The molecule has 290 valence electrons. The standard InChI is InChI=1S/C46H55N3O6/c50-42-22-20-37(41-21-23-43(51)48-44(41)42)24-28-47-27-11-3-1-2-4-12-31-54-40-19-13-18-39(32-40)46(53,38-16-9-6-10-17-38)45(52)55-34-36-25-29-49(30-26-36)33-35-14-7-5-8-15-35/h5-10,13-23,32,36,47,50,53H,1-4,11-12,24-31,33-34H2,(H,48,51)/t46-/m0/s1. The molecule has 2 heterocycles. The minimum Gasteiger partial charge on any atom is -0.506 e. The first kappa shape index (κ1) is 39.7. The molecule has 1 fully saturated rings. The number of aromatic hydroxyl groups is 1. The summed E-state index contributed by atoms with van der Waals surface area (Å²) >= 11 is 0. The van der Waals surface area contributed by atoms with Gasteiger partial charge in [0.15, 0.2) is 0 Å². The number of ether oxygens (including phenoxy) is 2. The predicted octanol–water partition coefficient (Wildman–Crippen LogP) is 7.48. The Hall–Kier alpha value is -4.96. The molecule has 0 saturated carbocycles. The van der Waals surface area contributed by atoms with Gasteiger partial charge in [0, 0.05) is 23.6 Å². The zero-order valence-corrected chi connectivity index (χ0v) is 31.8. The number of carbonyl (C=O) groups is 1. The van der Waals surface area contributed by atoms with Crippen molar-refractivity contribution in [2.45, 2.75) is 69.9 Å². The molecule has 9 nitrogen and oxygen atoms in total. The number of pyridine rings is 1. The number of hydrogen-bond acceptors (Lipinski definition) is 8. The molecule has 4 N–H and O–H groups in total. The summed E-state index contributed by atoms with van der Waals surface area (Å²) in [6.07, 6.45) is 9.23. The van der Waals surface area contributed by atoms with E-state index in [1.165, 1.54) is 11.6 Å². The predicted molar refractivity (Wildman–Crippen MR) is 217 cm³/mol. The van der Waals surface area contributed by atoms with Crippen molar-refractivity contribution in [3.8, 4) is 11.5 Å². The van der Waals surface area contributed by atoms with Crippen LogP contribution >= 0.6 is 0 Å². The normalized spacial score (nSPS) is 14.8. The van der Waals surface area contributed by atoms with Gasteiger partial charge in [0.25, 0.3) is 0 Å². The van der Waals surface area contributed by atoms with Crippen molar-refractivity contribution in [2.75, 3.05) is 39.4 Å². The number of aliphatic hydroxyl groups is 1. The molecule has 0 spiro atoms. The molecule has 0 aliphatic carbocycles. The number of likely N-dealkylation sites (tertiary alicyclic amines) is 1. The fourth-order valence-electron chi connectivity index (χ4n) is 7.46. The van der Waals surface area contributed by atoms with Crippen LogP contribution in [0.3, 0.4) is 0 Å². The van der Waals surface area contributed by atoms with E-state index in [-0.39, 0.29) is 23.8 Å². The summed E-state index contributed by atoms with van der Waals surface area (Å²) in [5.41, 5.74) is 1.62. The second-order valence-electron chi connectivity index (χ2n) is 14.7. The quantitative estimate of drug-likeness (QED) is 0.0478. The van der Waals surface area contributed by atoms with E-state index in [9.17, 15) is 19.8 Å². The van der Waals surface area contributed by atoms with Crippen molar-refractivity contribution in [3.63, 3.8) is 0 Å². The smallest absolute Gasteiger partial charge is 0.347 e. The Labute approximate surface area is 324 Å². The van der Waals surface area contributed by atoms with Crippen molar-refractivity contribution in [1.82, 2.24) is 15.2 Å². The van der Waals surface area contributed by atoms with Crippen molar-refractivity contribution in [2.24, 2.45) is 5.92 Å². The molecular weight excluding hydrogens is 691 g/mol. The van der Waals surface area contributed by atoms with Crippen molar-refractivity contribution in [3.05, 3.63) is 142 Å². The van der Waals surface area contributed by atoms with Crippen LogP contribution in [0.2, 0.25) is 0 Å². The van der Waals surface area contributed by atoms with E-state index in [2.05, 4.69) is 39.5 Å². The molecule has 1 saturated heterocycles. The number of hydrogen-bond donors (Lipinski definition) is 4. The number of aromatic amines is 1. The monoisotopic (exact) mass is 745 g/mol. The van der Waals surface area contributed by atoms with Gasteiger partial charge in [-0.2, -0.15) is 0 Å². The molecule has 1 atom stereocenters. The van der Waals surface area contributed by atoms with Crippen LogP contribution in [-0.4, -0.2) is 65.5 Å².